The van der Waals surface area contributed by atoms with E-state index in [0.29, 0.717) is 11.5 Å². The Balaban J connectivity index is 2.69. The number of nitrogens with zero attached hydrogens (tertiary/aromatic N) is 3. The van der Waals surface area contributed by atoms with Crippen molar-refractivity contribution in [2.75, 3.05) is 18.0 Å². The Labute approximate surface area is 90.3 Å². The molecule has 1 heterocycles. The highest BCUT2D eigenvalue weighted by Crippen LogP contribution is 2.07. The van der Waals surface area contributed by atoms with Crippen molar-refractivity contribution in [3.8, 4) is 0 Å². The number of carbonyl (C=O) groups is 1. The summed E-state index contributed by atoms with van der Waals surface area (Å²) in [7, 11) is 0. The molecule has 0 atom stereocenters. The molecule has 0 aliphatic rings. The van der Waals surface area contributed by atoms with Gasteiger partial charge in [-0.3, -0.25) is 4.79 Å². The fraction of sp³-hybridized carbons (Fsp3) is 0.545. The van der Waals surface area contributed by atoms with Gasteiger partial charge >= 0.3 is 0 Å². The summed E-state index contributed by atoms with van der Waals surface area (Å²) in [6.07, 6.45) is 6.16. The van der Waals surface area contributed by atoms with Crippen LogP contribution in [0.4, 0.5) is 5.95 Å². The number of aromatic nitrogens is 2. The van der Waals surface area contributed by atoms with Gasteiger partial charge in [0.2, 0.25) is 5.95 Å². The Kier molecular flexibility index (Phi) is 4.74. The average molecular weight is 207 g/mol. The van der Waals surface area contributed by atoms with Crippen molar-refractivity contribution in [3.63, 3.8) is 0 Å². The predicted octanol–water partition coefficient (Wildman–Crippen LogP) is 1.92. The van der Waals surface area contributed by atoms with Crippen molar-refractivity contribution in [1.29, 1.82) is 0 Å². The van der Waals surface area contributed by atoms with Crippen LogP contribution >= 0.6 is 0 Å². The Morgan fingerprint density at radius 3 is 2.47 bits per heavy atom. The van der Waals surface area contributed by atoms with Gasteiger partial charge in [0.25, 0.3) is 0 Å². The van der Waals surface area contributed by atoms with E-state index >= 15 is 0 Å². The van der Waals surface area contributed by atoms with Gasteiger partial charge in [0, 0.05) is 25.5 Å². The van der Waals surface area contributed by atoms with Gasteiger partial charge in [-0.15, -0.1) is 0 Å². The number of hydrogen-bond acceptors (Lipinski definition) is 4. The summed E-state index contributed by atoms with van der Waals surface area (Å²) in [5.74, 6) is 0.705. The van der Waals surface area contributed by atoms with Crippen molar-refractivity contribution in [3.05, 3.63) is 18.0 Å². The van der Waals surface area contributed by atoms with Crippen LogP contribution in [0.25, 0.3) is 0 Å². The van der Waals surface area contributed by atoms with E-state index < -0.39 is 0 Å². The summed E-state index contributed by atoms with van der Waals surface area (Å²) < 4.78 is 0. The minimum atomic E-state index is 0.519. The van der Waals surface area contributed by atoms with E-state index in [1.807, 2.05) is 0 Å². The van der Waals surface area contributed by atoms with Gasteiger partial charge in [0.15, 0.2) is 6.29 Å². The molecule has 0 N–H and O–H groups in total. The average Bonchev–Trinajstić information content (AvgIpc) is 2.31. The predicted molar refractivity (Wildman–Crippen MR) is 60.2 cm³/mol. The molecule has 0 spiro atoms. The minimum Gasteiger partial charge on any atom is -0.341 e. The van der Waals surface area contributed by atoms with E-state index in [1.54, 1.807) is 12.4 Å². The lowest BCUT2D eigenvalue weighted by Gasteiger charge is -2.19. The number of hydrogen-bond donors (Lipinski definition) is 0. The Morgan fingerprint density at radius 1 is 1.33 bits per heavy atom. The third-order valence-corrected chi connectivity index (χ3v) is 2.24. The Bertz CT molecular complexity index is 297. The molecule has 0 aliphatic carbocycles. The molecule has 0 bridgehead atoms. The van der Waals surface area contributed by atoms with Gasteiger partial charge in [-0.25, -0.2) is 9.97 Å². The van der Waals surface area contributed by atoms with E-state index in [-0.39, 0.29) is 0 Å². The van der Waals surface area contributed by atoms with E-state index in [4.69, 9.17) is 0 Å². The third kappa shape index (κ3) is 3.31. The molecule has 0 fully saturated rings. The fourth-order valence-corrected chi connectivity index (χ4v) is 1.30. The topological polar surface area (TPSA) is 46.1 Å². The molecule has 1 rings (SSSR count). The first-order valence-corrected chi connectivity index (χ1v) is 5.34. The molecule has 0 aromatic carbocycles. The molecule has 0 saturated heterocycles. The zero-order valence-electron chi connectivity index (χ0n) is 9.31. The van der Waals surface area contributed by atoms with Crippen LogP contribution < -0.4 is 4.90 Å². The van der Waals surface area contributed by atoms with Crippen LogP contribution in [0.1, 0.15) is 37.0 Å². The maximum atomic E-state index is 10.4. The van der Waals surface area contributed by atoms with Crippen molar-refractivity contribution < 1.29 is 4.79 Å². The van der Waals surface area contributed by atoms with Gasteiger partial charge in [-0.2, -0.15) is 0 Å². The molecule has 4 nitrogen and oxygen atoms in total. The van der Waals surface area contributed by atoms with Crippen LogP contribution in [0.2, 0.25) is 0 Å². The number of carbonyl (C=O) groups excluding carboxylic acids is 1. The van der Waals surface area contributed by atoms with Gasteiger partial charge in [0.1, 0.15) is 0 Å². The lowest BCUT2D eigenvalue weighted by Crippen LogP contribution is -2.25. The number of anilines is 1. The summed E-state index contributed by atoms with van der Waals surface area (Å²) in [4.78, 5) is 20.9. The summed E-state index contributed by atoms with van der Waals surface area (Å²) >= 11 is 0. The van der Waals surface area contributed by atoms with Crippen molar-refractivity contribution in [2.45, 2.75) is 26.7 Å². The van der Waals surface area contributed by atoms with Gasteiger partial charge in [-0.1, -0.05) is 13.3 Å². The van der Waals surface area contributed by atoms with Crippen LogP contribution in [0.15, 0.2) is 12.4 Å². The zero-order valence-corrected chi connectivity index (χ0v) is 9.31. The molecular weight excluding hydrogens is 190 g/mol. The quantitative estimate of drug-likeness (QED) is 0.668. The first kappa shape index (κ1) is 11.6. The second kappa shape index (κ2) is 6.11. The van der Waals surface area contributed by atoms with Crippen molar-refractivity contribution in [2.24, 2.45) is 0 Å². The Morgan fingerprint density at radius 2 is 2.00 bits per heavy atom. The SMILES string of the molecule is CCCCN(CC)c1ncc(C=O)cn1. The monoisotopic (exact) mass is 207 g/mol. The minimum absolute atomic E-state index is 0.519. The molecule has 0 unspecified atom stereocenters. The number of unbranched alkanes of at least 4 members (excludes halogenated alkanes) is 1. The highest BCUT2D eigenvalue weighted by atomic mass is 16.1. The molecule has 0 amide bonds. The smallest absolute Gasteiger partial charge is 0.225 e. The summed E-state index contributed by atoms with van der Waals surface area (Å²) in [6, 6.07) is 0. The van der Waals surface area contributed by atoms with Gasteiger partial charge in [-0.05, 0) is 13.3 Å². The highest BCUT2D eigenvalue weighted by Gasteiger charge is 2.05. The normalized spacial score (nSPS) is 10.0. The lowest BCUT2D eigenvalue weighted by atomic mass is 10.3. The molecule has 15 heavy (non-hydrogen) atoms. The molecule has 1 aromatic heterocycles. The van der Waals surface area contributed by atoms with E-state index in [1.165, 1.54) is 0 Å². The molecule has 0 radical (unpaired) electrons. The zero-order chi connectivity index (χ0) is 11.1. The van der Waals surface area contributed by atoms with E-state index in [2.05, 4.69) is 28.7 Å². The van der Waals surface area contributed by atoms with Gasteiger partial charge in [0.05, 0.1) is 5.56 Å². The number of aldehydes is 1. The maximum Gasteiger partial charge on any atom is 0.225 e. The van der Waals surface area contributed by atoms with Crippen molar-refractivity contribution in [1.82, 2.24) is 9.97 Å². The van der Waals surface area contributed by atoms with Crippen molar-refractivity contribution >= 4 is 12.2 Å². The largest absolute Gasteiger partial charge is 0.341 e. The third-order valence-electron chi connectivity index (χ3n) is 2.24. The first-order chi connectivity index (χ1) is 7.31. The molecular formula is C11H17N3O. The summed E-state index contributed by atoms with van der Waals surface area (Å²) in [5.41, 5.74) is 0.519. The molecule has 0 saturated carbocycles. The molecule has 82 valence electrons. The van der Waals surface area contributed by atoms with Crippen LogP contribution in [-0.2, 0) is 0 Å². The van der Waals surface area contributed by atoms with Crippen LogP contribution in [-0.4, -0.2) is 29.3 Å². The first-order valence-electron chi connectivity index (χ1n) is 5.34. The second-order valence-electron chi connectivity index (χ2n) is 3.37. The lowest BCUT2D eigenvalue weighted by molar-refractivity contribution is 0.112. The van der Waals surface area contributed by atoms with E-state index in [0.717, 1.165) is 32.2 Å². The fourth-order valence-electron chi connectivity index (χ4n) is 1.30. The molecule has 4 heteroatoms. The summed E-state index contributed by atoms with van der Waals surface area (Å²) in [6.45, 7) is 6.09. The Hall–Kier alpha value is -1.45. The highest BCUT2D eigenvalue weighted by molar-refractivity contribution is 5.73. The molecule has 0 aliphatic heterocycles. The molecule has 1 aromatic rings. The van der Waals surface area contributed by atoms with Crippen LogP contribution in [0.5, 0.6) is 0 Å². The second-order valence-corrected chi connectivity index (χ2v) is 3.37. The van der Waals surface area contributed by atoms with Crippen LogP contribution in [0.3, 0.4) is 0 Å². The summed E-state index contributed by atoms with van der Waals surface area (Å²) in [5, 5.41) is 0. The number of rotatable bonds is 6. The van der Waals surface area contributed by atoms with Gasteiger partial charge < -0.3 is 4.90 Å². The maximum absolute atomic E-state index is 10.4. The van der Waals surface area contributed by atoms with E-state index in [9.17, 15) is 4.79 Å². The standard InChI is InChI=1S/C11H17N3O/c1-3-5-6-14(4-2)11-12-7-10(9-15)8-13-11/h7-9H,3-6H2,1-2H3. The van der Waals surface area contributed by atoms with Crippen LogP contribution in [0, 0.1) is 0 Å².